The first-order chi connectivity index (χ1) is 9.89. The summed E-state index contributed by atoms with van der Waals surface area (Å²) < 4.78 is 11.0. The minimum absolute atomic E-state index is 0.0581. The molecule has 1 aromatic carbocycles. The zero-order chi connectivity index (χ0) is 15.2. The predicted molar refractivity (Wildman–Crippen MR) is 76.4 cm³/mol. The Kier molecular flexibility index (Phi) is 2.93. The third kappa shape index (κ3) is 2.14. The molecule has 112 valence electrons. The Morgan fingerprint density at radius 1 is 1.19 bits per heavy atom. The summed E-state index contributed by atoms with van der Waals surface area (Å²) in [6.45, 7) is 4.47. The van der Waals surface area contributed by atoms with Crippen LogP contribution in [0.3, 0.4) is 0 Å². The summed E-state index contributed by atoms with van der Waals surface area (Å²) in [6, 6.07) is 3.38. The van der Waals surface area contributed by atoms with Crippen molar-refractivity contribution in [3.05, 3.63) is 12.1 Å². The van der Waals surface area contributed by atoms with E-state index in [1.807, 2.05) is 0 Å². The van der Waals surface area contributed by atoms with Crippen molar-refractivity contribution in [2.45, 2.75) is 19.4 Å². The van der Waals surface area contributed by atoms with Crippen LogP contribution in [0.25, 0.3) is 0 Å². The number of fused-ring (bicyclic) bond motifs is 1. The smallest absolute Gasteiger partial charge is 0.251 e. The maximum atomic E-state index is 12.0. The summed E-state index contributed by atoms with van der Waals surface area (Å²) in [5.74, 6) is 0.439. The van der Waals surface area contributed by atoms with Gasteiger partial charge in [0.1, 0.15) is 18.8 Å². The highest BCUT2D eigenvalue weighted by atomic mass is 16.6. The summed E-state index contributed by atoms with van der Waals surface area (Å²) >= 11 is 0. The third-order valence-electron chi connectivity index (χ3n) is 3.77. The minimum atomic E-state index is -0.883. The van der Waals surface area contributed by atoms with Crippen LogP contribution in [0.1, 0.15) is 13.8 Å². The lowest BCUT2D eigenvalue weighted by Gasteiger charge is -2.42. The predicted octanol–water partition coefficient (Wildman–Crippen LogP) is 0.281. The average Bonchev–Trinajstić information content (AvgIpc) is 2.42. The van der Waals surface area contributed by atoms with Crippen LogP contribution in [0.4, 0.5) is 11.4 Å². The van der Waals surface area contributed by atoms with Gasteiger partial charge in [0.25, 0.3) is 5.91 Å². The van der Waals surface area contributed by atoms with E-state index in [1.165, 1.54) is 0 Å². The first-order valence-electron chi connectivity index (χ1n) is 6.70. The highest BCUT2D eigenvalue weighted by Gasteiger charge is 2.42. The number of anilines is 2. The number of imide groups is 1. The standard InChI is InChI=1S/C14H17N3O4/c1-14(2)13(19)16-12(18)7-17(14)9-6-11-10(5-8(9)15)20-3-4-21-11/h5-6H,3-4,7,15H2,1-2H3,(H,16,18,19). The number of carbonyl (C=O) groups is 2. The van der Waals surface area contributed by atoms with Crippen molar-refractivity contribution in [3.8, 4) is 11.5 Å². The Morgan fingerprint density at radius 3 is 2.48 bits per heavy atom. The van der Waals surface area contributed by atoms with Crippen molar-refractivity contribution < 1.29 is 19.1 Å². The molecule has 0 aromatic heterocycles. The van der Waals surface area contributed by atoms with Crippen molar-refractivity contribution in [2.75, 3.05) is 30.4 Å². The molecule has 0 aliphatic carbocycles. The normalized spacial score (nSPS) is 20.2. The van der Waals surface area contributed by atoms with E-state index in [0.717, 1.165) is 0 Å². The summed E-state index contributed by atoms with van der Waals surface area (Å²) in [4.78, 5) is 25.4. The minimum Gasteiger partial charge on any atom is -0.486 e. The molecule has 0 unspecified atom stereocenters. The molecule has 0 saturated carbocycles. The van der Waals surface area contributed by atoms with Gasteiger partial charge in [-0.1, -0.05) is 0 Å². The van der Waals surface area contributed by atoms with Crippen LogP contribution in [0.15, 0.2) is 12.1 Å². The summed E-state index contributed by atoms with van der Waals surface area (Å²) in [7, 11) is 0. The van der Waals surface area contributed by atoms with Crippen molar-refractivity contribution in [2.24, 2.45) is 0 Å². The molecular formula is C14H17N3O4. The molecule has 2 amide bonds. The number of benzene rings is 1. The Morgan fingerprint density at radius 2 is 1.81 bits per heavy atom. The van der Waals surface area contributed by atoms with E-state index < -0.39 is 5.54 Å². The van der Waals surface area contributed by atoms with E-state index in [9.17, 15) is 9.59 Å². The van der Waals surface area contributed by atoms with Gasteiger partial charge in [0, 0.05) is 12.1 Å². The highest BCUT2D eigenvalue weighted by Crippen LogP contribution is 2.41. The monoisotopic (exact) mass is 291 g/mol. The zero-order valence-electron chi connectivity index (χ0n) is 11.9. The van der Waals surface area contributed by atoms with Crippen LogP contribution in [-0.2, 0) is 9.59 Å². The van der Waals surface area contributed by atoms with Gasteiger partial charge in [0.2, 0.25) is 5.91 Å². The number of carbonyl (C=O) groups excluding carboxylic acids is 2. The van der Waals surface area contributed by atoms with E-state index in [4.69, 9.17) is 15.2 Å². The molecule has 21 heavy (non-hydrogen) atoms. The number of nitrogens with zero attached hydrogens (tertiary/aromatic N) is 1. The van der Waals surface area contributed by atoms with E-state index in [1.54, 1.807) is 30.9 Å². The summed E-state index contributed by atoms with van der Waals surface area (Å²) in [5, 5.41) is 2.33. The zero-order valence-corrected chi connectivity index (χ0v) is 11.9. The van der Waals surface area contributed by atoms with Gasteiger partial charge in [-0.25, -0.2) is 0 Å². The number of amides is 2. The van der Waals surface area contributed by atoms with Crippen LogP contribution in [0, 0.1) is 0 Å². The Labute approximate surface area is 122 Å². The molecule has 0 spiro atoms. The number of ether oxygens (including phenoxy) is 2. The second-order valence-electron chi connectivity index (χ2n) is 5.58. The Bertz CT molecular complexity index is 627. The van der Waals surface area contributed by atoms with Gasteiger partial charge in [-0.15, -0.1) is 0 Å². The van der Waals surface area contributed by atoms with Gasteiger partial charge in [-0.2, -0.15) is 0 Å². The molecule has 0 bridgehead atoms. The number of piperazine rings is 1. The van der Waals surface area contributed by atoms with Gasteiger partial charge in [-0.05, 0) is 13.8 Å². The molecule has 1 saturated heterocycles. The second kappa shape index (κ2) is 4.54. The molecule has 1 fully saturated rings. The maximum Gasteiger partial charge on any atom is 0.251 e. The molecule has 7 heteroatoms. The lowest BCUT2D eigenvalue weighted by Crippen LogP contribution is -2.64. The van der Waals surface area contributed by atoms with Gasteiger partial charge >= 0.3 is 0 Å². The number of nitrogens with one attached hydrogen (secondary N) is 1. The molecular weight excluding hydrogens is 274 g/mol. The topological polar surface area (TPSA) is 93.9 Å². The first-order valence-corrected chi connectivity index (χ1v) is 6.70. The fourth-order valence-corrected chi connectivity index (χ4v) is 2.50. The fourth-order valence-electron chi connectivity index (χ4n) is 2.50. The van der Waals surface area contributed by atoms with Crippen LogP contribution >= 0.6 is 0 Å². The number of hydrogen-bond donors (Lipinski definition) is 2. The van der Waals surface area contributed by atoms with Crippen LogP contribution in [0.5, 0.6) is 11.5 Å². The number of rotatable bonds is 1. The van der Waals surface area contributed by atoms with Crippen molar-refractivity contribution in [1.29, 1.82) is 0 Å². The number of hydrogen-bond acceptors (Lipinski definition) is 6. The lowest BCUT2D eigenvalue weighted by molar-refractivity contribution is -0.135. The van der Waals surface area contributed by atoms with Crippen molar-refractivity contribution >= 4 is 23.2 Å². The van der Waals surface area contributed by atoms with E-state index >= 15 is 0 Å². The quantitative estimate of drug-likeness (QED) is 0.570. The van der Waals surface area contributed by atoms with Gasteiger partial charge < -0.3 is 20.1 Å². The third-order valence-corrected chi connectivity index (χ3v) is 3.77. The van der Waals surface area contributed by atoms with Crippen molar-refractivity contribution in [3.63, 3.8) is 0 Å². The van der Waals surface area contributed by atoms with Gasteiger partial charge in [0.05, 0.1) is 17.9 Å². The first kappa shape index (κ1) is 13.5. The van der Waals surface area contributed by atoms with Gasteiger partial charge in [-0.3, -0.25) is 14.9 Å². The molecule has 0 atom stereocenters. The molecule has 7 nitrogen and oxygen atoms in total. The molecule has 0 radical (unpaired) electrons. The Hall–Kier alpha value is -2.44. The molecule has 2 aliphatic rings. The Balaban J connectivity index is 2.06. The fraction of sp³-hybridized carbons (Fsp3) is 0.429. The lowest BCUT2D eigenvalue weighted by atomic mass is 9.97. The van der Waals surface area contributed by atoms with Gasteiger partial charge in [0.15, 0.2) is 11.5 Å². The van der Waals surface area contributed by atoms with Crippen LogP contribution in [-0.4, -0.2) is 37.1 Å². The largest absolute Gasteiger partial charge is 0.486 e. The van der Waals surface area contributed by atoms with Crippen LogP contribution < -0.4 is 25.4 Å². The molecule has 1 aromatic rings. The maximum absolute atomic E-state index is 12.0. The summed E-state index contributed by atoms with van der Waals surface area (Å²) in [6.07, 6.45) is 0. The van der Waals surface area contributed by atoms with E-state index in [-0.39, 0.29) is 18.4 Å². The second-order valence-corrected chi connectivity index (χ2v) is 5.58. The van der Waals surface area contributed by atoms with Crippen molar-refractivity contribution in [1.82, 2.24) is 5.32 Å². The molecule has 2 aliphatic heterocycles. The number of nitrogens with two attached hydrogens (primary N) is 1. The van der Waals surface area contributed by atoms with E-state index in [0.29, 0.717) is 36.1 Å². The number of nitrogen functional groups attached to an aromatic ring is 1. The average molecular weight is 291 g/mol. The summed E-state index contributed by atoms with van der Waals surface area (Å²) in [5.41, 5.74) is 6.21. The van der Waals surface area contributed by atoms with E-state index in [2.05, 4.69) is 5.32 Å². The highest BCUT2D eigenvalue weighted by molar-refractivity contribution is 6.07. The molecule has 2 heterocycles. The molecule has 3 N–H and O–H groups in total. The van der Waals surface area contributed by atoms with Crippen LogP contribution in [0.2, 0.25) is 0 Å². The SMILES string of the molecule is CC1(C)C(=O)NC(=O)CN1c1cc2c(cc1N)OCCO2. The molecule has 3 rings (SSSR count).